The number of rotatable bonds is 8. The van der Waals surface area contributed by atoms with Crippen LogP contribution in [0.25, 0.3) is 0 Å². The SMILES string of the molecule is CCCCN(C)C(=NCCCc1ccccc1)NCC. The van der Waals surface area contributed by atoms with Gasteiger partial charge in [-0.25, -0.2) is 0 Å². The first-order valence-electron chi connectivity index (χ1n) is 7.81. The molecule has 0 unspecified atom stereocenters. The molecule has 1 aromatic carbocycles. The Balaban J connectivity index is 2.38. The van der Waals surface area contributed by atoms with Gasteiger partial charge in [-0.3, -0.25) is 4.99 Å². The van der Waals surface area contributed by atoms with Crippen molar-refractivity contribution < 1.29 is 0 Å². The molecule has 20 heavy (non-hydrogen) atoms. The van der Waals surface area contributed by atoms with Crippen molar-refractivity contribution in [2.24, 2.45) is 4.99 Å². The van der Waals surface area contributed by atoms with Crippen LogP contribution < -0.4 is 5.32 Å². The van der Waals surface area contributed by atoms with Gasteiger partial charge in [-0.05, 0) is 31.7 Å². The van der Waals surface area contributed by atoms with Crippen LogP contribution in [0.3, 0.4) is 0 Å². The van der Waals surface area contributed by atoms with Gasteiger partial charge in [0.2, 0.25) is 0 Å². The molecule has 0 aliphatic carbocycles. The number of hydrogen-bond acceptors (Lipinski definition) is 1. The third-order valence-electron chi connectivity index (χ3n) is 3.27. The monoisotopic (exact) mass is 275 g/mol. The summed E-state index contributed by atoms with van der Waals surface area (Å²) in [5.74, 6) is 1.04. The third-order valence-corrected chi connectivity index (χ3v) is 3.27. The molecule has 0 radical (unpaired) electrons. The minimum absolute atomic E-state index is 0.883. The van der Waals surface area contributed by atoms with Crippen molar-refractivity contribution in [3.63, 3.8) is 0 Å². The average molecular weight is 275 g/mol. The van der Waals surface area contributed by atoms with Crippen LogP contribution in [-0.2, 0) is 6.42 Å². The largest absolute Gasteiger partial charge is 0.357 e. The van der Waals surface area contributed by atoms with Crippen LogP contribution in [-0.4, -0.2) is 37.5 Å². The Kier molecular flexibility index (Phi) is 8.52. The highest BCUT2D eigenvalue weighted by Gasteiger charge is 2.03. The van der Waals surface area contributed by atoms with Gasteiger partial charge < -0.3 is 10.2 Å². The molecule has 0 aromatic heterocycles. The number of guanidine groups is 1. The molecule has 0 saturated carbocycles. The Morgan fingerprint density at radius 3 is 2.55 bits per heavy atom. The molecule has 0 bridgehead atoms. The van der Waals surface area contributed by atoms with E-state index in [9.17, 15) is 0 Å². The van der Waals surface area contributed by atoms with E-state index in [1.54, 1.807) is 0 Å². The zero-order valence-electron chi connectivity index (χ0n) is 13.2. The topological polar surface area (TPSA) is 27.6 Å². The summed E-state index contributed by atoms with van der Waals surface area (Å²) in [5.41, 5.74) is 1.40. The van der Waals surface area contributed by atoms with Crippen LogP contribution in [0.2, 0.25) is 0 Å². The van der Waals surface area contributed by atoms with Crippen molar-refractivity contribution in [3.8, 4) is 0 Å². The molecule has 3 heteroatoms. The Labute approximate surface area is 124 Å². The van der Waals surface area contributed by atoms with E-state index in [-0.39, 0.29) is 0 Å². The molecular formula is C17H29N3. The summed E-state index contributed by atoms with van der Waals surface area (Å²) in [5, 5.41) is 3.37. The standard InChI is InChI=1S/C17H29N3/c1-4-6-15-20(3)17(18-5-2)19-14-10-13-16-11-8-7-9-12-16/h7-9,11-12H,4-6,10,13-15H2,1-3H3,(H,18,19). The molecule has 0 fully saturated rings. The summed E-state index contributed by atoms with van der Waals surface area (Å²) in [4.78, 5) is 6.94. The maximum Gasteiger partial charge on any atom is 0.193 e. The molecule has 0 heterocycles. The highest BCUT2D eigenvalue weighted by Crippen LogP contribution is 2.02. The second kappa shape index (κ2) is 10.3. The molecule has 0 amide bonds. The number of benzene rings is 1. The lowest BCUT2D eigenvalue weighted by atomic mass is 10.1. The molecule has 0 aliphatic rings. The van der Waals surface area contributed by atoms with Crippen molar-refractivity contribution in [2.45, 2.75) is 39.5 Å². The summed E-state index contributed by atoms with van der Waals surface area (Å²) in [7, 11) is 2.12. The van der Waals surface area contributed by atoms with Crippen LogP contribution in [0.15, 0.2) is 35.3 Å². The van der Waals surface area contributed by atoms with Crippen LogP contribution in [0, 0.1) is 0 Å². The number of aryl methyl sites for hydroxylation is 1. The highest BCUT2D eigenvalue weighted by molar-refractivity contribution is 5.79. The van der Waals surface area contributed by atoms with E-state index < -0.39 is 0 Å². The summed E-state index contributed by atoms with van der Waals surface area (Å²) < 4.78 is 0. The first-order chi connectivity index (χ1) is 9.77. The minimum atomic E-state index is 0.883. The van der Waals surface area contributed by atoms with E-state index in [2.05, 4.69) is 61.4 Å². The Morgan fingerprint density at radius 1 is 1.15 bits per heavy atom. The lowest BCUT2D eigenvalue weighted by molar-refractivity contribution is 0.464. The van der Waals surface area contributed by atoms with Gasteiger partial charge in [0.15, 0.2) is 5.96 Å². The molecule has 112 valence electrons. The smallest absolute Gasteiger partial charge is 0.193 e. The van der Waals surface area contributed by atoms with Gasteiger partial charge in [0.05, 0.1) is 0 Å². The van der Waals surface area contributed by atoms with Crippen LogP contribution in [0.4, 0.5) is 0 Å². The van der Waals surface area contributed by atoms with Gasteiger partial charge in [0.1, 0.15) is 0 Å². The summed E-state index contributed by atoms with van der Waals surface area (Å²) in [6, 6.07) is 10.6. The highest BCUT2D eigenvalue weighted by atomic mass is 15.3. The van der Waals surface area contributed by atoms with Crippen molar-refractivity contribution in [2.75, 3.05) is 26.7 Å². The van der Waals surface area contributed by atoms with Crippen molar-refractivity contribution >= 4 is 5.96 Å². The maximum absolute atomic E-state index is 4.71. The molecular weight excluding hydrogens is 246 g/mol. The van der Waals surface area contributed by atoms with E-state index >= 15 is 0 Å². The van der Waals surface area contributed by atoms with E-state index in [1.165, 1.54) is 18.4 Å². The Bertz CT molecular complexity index is 373. The van der Waals surface area contributed by atoms with Gasteiger partial charge in [-0.2, -0.15) is 0 Å². The maximum atomic E-state index is 4.71. The van der Waals surface area contributed by atoms with Crippen LogP contribution in [0.5, 0.6) is 0 Å². The molecule has 3 nitrogen and oxygen atoms in total. The Hall–Kier alpha value is -1.51. The van der Waals surface area contributed by atoms with Crippen molar-refractivity contribution in [1.82, 2.24) is 10.2 Å². The van der Waals surface area contributed by atoms with Crippen molar-refractivity contribution in [1.29, 1.82) is 0 Å². The average Bonchev–Trinajstić information content (AvgIpc) is 2.49. The second-order valence-corrected chi connectivity index (χ2v) is 5.10. The molecule has 1 rings (SSSR count). The van der Waals surface area contributed by atoms with Crippen LogP contribution >= 0.6 is 0 Å². The number of nitrogens with zero attached hydrogens (tertiary/aromatic N) is 2. The Morgan fingerprint density at radius 2 is 1.90 bits per heavy atom. The second-order valence-electron chi connectivity index (χ2n) is 5.10. The first-order valence-corrected chi connectivity index (χ1v) is 7.81. The zero-order chi connectivity index (χ0) is 14.6. The van der Waals surface area contributed by atoms with Gasteiger partial charge in [-0.1, -0.05) is 43.7 Å². The molecule has 0 atom stereocenters. The number of nitrogens with one attached hydrogen (secondary N) is 1. The van der Waals surface area contributed by atoms with E-state index in [1.807, 2.05) is 0 Å². The molecule has 1 N–H and O–H groups in total. The normalized spacial score (nSPS) is 11.4. The van der Waals surface area contributed by atoms with Gasteiger partial charge in [-0.15, -0.1) is 0 Å². The third kappa shape index (κ3) is 6.60. The molecule has 0 aliphatic heterocycles. The molecule has 0 spiro atoms. The van der Waals surface area contributed by atoms with E-state index in [0.717, 1.165) is 38.4 Å². The fraction of sp³-hybridized carbons (Fsp3) is 0.588. The number of aliphatic imine (C=N–C) groups is 1. The predicted octanol–water partition coefficient (Wildman–Crippen LogP) is 3.32. The fourth-order valence-electron chi connectivity index (χ4n) is 2.08. The molecule has 0 saturated heterocycles. The van der Waals surface area contributed by atoms with Gasteiger partial charge in [0.25, 0.3) is 0 Å². The predicted molar refractivity (Wildman–Crippen MR) is 88.3 cm³/mol. The number of unbranched alkanes of at least 4 members (excludes halogenated alkanes) is 1. The number of hydrogen-bond donors (Lipinski definition) is 1. The minimum Gasteiger partial charge on any atom is -0.357 e. The van der Waals surface area contributed by atoms with E-state index in [4.69, 9.17) is 4.99 Å². The van der Waals surface area contributed by atoms with E-state index in [0.29, 0.717) is 0 Å². The molecule has 1 aromatic rings. The van der Waals surface area contributed by atoms with Gasteiger partial charge in [0, 0.05) is 26.7 Å². The summed E-state index contributed by atoms with van der Waals surface area (Å²) in [6.07, 6.45) is 4.63. The van der Waals surface area contributed by atoms with Crippen molar-refractivity contribution in [3.05, 3.63) is 35.9 Å². The zero-order valence-corrected chi connectivity index (χ0v) is 13.2. The van der Waals surface area contributed by atoms with Gasteiger partial charge >= 0.3 is 0 Å². The summed E-state index contributed by atoms with van der Waals surface area (Å²) in [6.45, 7) is 7.22. The lowest BCUT2D eigenvalue weighted by Crippen LogP contribution is -2.39. The quantitative estimate of drug-likeness (QED) is 0.448. The first kappa shape index (κ1) is 16.5. The lowest BCUT2D eigenvalue weighted by Gasteiger charge is -2.21. The van der Waals surface area contributed by atoms with Crippen LogP contribution in [0.1, 0.15) is 38.7 Å². The fourth-order valence-corrected chi connectivity index (χ4v) is 2.08. The summed E-state index contributed by atoms with van der Waals surface area (Å²) >= 11 is 0.